The lowest BCUT2D eigenvalue weighted by molar-refractivity contribution is -0.0732. The van der Waals surface area contributed by atoms with Crippen LogP contribution in [0.3, 0.4) is 0 Å². The first-order valence-corrected chi connectivity index (χ1v) is 10.2. The lowest BCUT2D eigenvalue weighted by Crippen LogP contribution is -2.45. The average molecular weight is 387 g/mol. The smallest absolute Gasteiger partial charge is 0.165 e. The third-order valence-electron chi connectivity index (χ3n) is 5.12. The Kier molecular flexibility index (Phi) is 8.08. The Morgan fingerprint density at radius 1 is 0.963 bits per heavy atom. The van der Waals surface area contributed by atoms with E-state index in [0.717, 1.165) is 11.3 Å². The summed E-state index contributed by atoms with van der Waals surface area (Å²) in [6.07, 6.45) is 0.0638. The predicted molar refractivity (Wildman–Crippen MR) is 113 cm³/mol. The van der Waals surface area contributed by atoms with Crippen LogP contribution in [-0.4, -0.2) is 38.0 Å². The molecule has 0 saturated carbocycles. The molecule has 2 rings (SSSR count). The molecule has 27 heavy (non-hydrogen) atoms. The van der Waals surface area contributed by atoms with Crippen LogP contribution in [0.15, 0.2) is 59.5 Å². The first kappa shape index (κ1) is 21.7. The summed E-state index contributed by atoms with van der Waals surface area (Å²) in [5.41, 5.74) is 1.66. The SMILES string of the molecule is COC(CSc1ccc(C)cc1)C(C)(C)C(CC(=O)c1ccccc1)OC. The molecule has 0 bridgehead atoms. The molecule has 0 saturated heterocycles. The molecule has 146 valence electrons. The monoisotopic (exact) mass is 386 g/mol. The summed E-state index contributed by atoms with van der Waals surface area (Å²) in [5.74, 6) is 0.892. The van der Waals surface area contributed by atoms with Gasteiger partial charge in [-0.3, -0.25) is 4.79 Å². The summed E-state index contributed by atoms with van der Waals surface area (Å²) in [6.45, 7) is 6.31. The lowest BCUT2D eigenvalue weighted by Gasteiger charge is -2.39. The van der Waals surface area contributed by atoms with Gasteiger partial charge in [-0.2, -0.15) is 0 Å². The minimum Gasteiger partial charge on any atom is -0.380 e. The zero-order valence-electron chi connectivity index (χ0n) is 16.9. The molecule has 3 nitrogen and oxygen atoms in total. The maximum atomic E-state index is 12.7. The Hall–Kier alpha value is -1.62. The highest BCUT2D eigenvalue weighted by molar-refractivity contribution is 7.99. The Balaban J connectivity index is 2.05. The van der Waals surface area contributed by atoms with Gasteiger partial charge in [0.25, 0.3) is 0 Å². The second-order valence-electron chi connectivity index (χ2n) is 7.39. The van der Waals surface area contributed by atoms with Gasteiger partial charge in [-0.15, -0.1) is 11.8 Å². The number of carbonyl (C=O) groups excluding carboxylic acids is 1. The van der Waals surface area contributed by atoms with Gasteiger partial charge in [-0.25, -0.2) is 0 Å². The standard InChI is InChI=1S/C23H30O3S/c1-17-11-13-19(14-12-17)27-16-22(26-5)23(2,3)21(25-4)15-20(24)18-9-7-6-8-10-18/h6-14,21-22H,15-16H2,1-5H3. The Morgan fingerprint density at radius 3 is 2.11 bits per heavy atom. The molecule has 0 amide bonds. The summed E-state index contributed by atoms with van der Waals surface area (Å²) in [5, 5.41) is 0. The fraction of sp³-hybridized carbons (Fsp3) is 0.435. The van der Waals surface area contributed by atoms with E-state index in [0.29, 0.717) is 6.42 Å². The van der Waals surface area contributed by atoms with Gasteiger partial charge in [0.05, 0.1) is 12.2 Å². The summed E-state index contributed by atoms with van der Waals surface area (Å²) in [6, 6.07) is 17.9. The van der Waals surface area contributed by atoms with E-state index in [1.165, 1.54) is 10.5 Å². The van der Waals surface area contributed by atoms with E-state index in [2.05, 4.69) is 45.0 Å². The highest BCUT2D eigenvalue weighted by Crippen LogP contribution is 2.35. The van der Waals surface area contributed by atoms with E-state index in [-0.39, 0.29) is 23.4 Å². The van der Waals surface area contributed by atoms with Gasteiger partial charge >= 0.3 is 0 Å². The van der Waals surface area contributed by atoms with E-state index >= 15 is 0 Å². The topological polar surface area (TPSA) is 35.5 Å². The molecular formula is C23H30O3S. The van der Waals surface area contributed by atoms with Crippen LogP contribution in [0.25, 0.3) is 0 Å². The number of rotatable bonds is 10. The maximum absolute atomic E-state index is 12.7. The van der Waals surface area contributed by atoms with Gasteiger partial charge in [-0.1, -0.05) is 61.9 Å². The van der Waals surface area contributed by atoms with Gasteiger partial charge in [0, 0.05) is 42.3 Å². The van der Waals surface area contributed by atoms with Crippen LogP contribution >= 0.6 is 11.8 Å². The zero-order chi connectivity index (χ0) is 19.9. The number of ketones is 1. The quantitative estimate of drug-likeness (QED) is 0.404. The second-order valence-corrected chi connectivity index (χ2v) is 8.48. The second kappa shape index (κ2) is 10.1. The Bertz CT molecular complexity index is 710. The first-order valence-electron chi connectivity index (χ1n) is 9.21. The molecule has 4 heteroatoms. The molecule has 0 radical (unpaired) electrons. The van der Waals surface area contributed by atoms with E-state index in [4.69, 9.17) is 9.47 Å². The van der Waals surface area contributed by atoms with Gasteiger partial charge in [0.1, 0.15) is 0 Å². The van der Waals surface area contributed by atoms with E-state index in [1.807, 2.05) is 30.3 Å². The van der Waals surface area contributed by atoms with Crippen molar-refractivity contribution in [2.75, 3.05) is 20.0 Å². The average Bonchev–Trinajstić information content (AvgIpc) is 2.68. The molecule has 0 aliphatic rings. The molecular weight excluding hydrogens is 356 g/mol. The molecule has 2 aromatic rings. The Morgan fingerprint density at radius 2 is 1.56 bits per heavy atom. The van der Waals surface area contributed by atoms with Crippen LogP contribution in [0.2, 0.25) is 0 Å². The molecule has 0 aliphatic heterocycles. The van der Waals surface area contributed by atoms with Gasteiger partial charge < -0.3 is 9.47 Å². The summed E-state index contributed by atoms with van der Waals surface area (Å²) >= 11 is 1.77. The molecule has 0 aromatic heterocycles. The number of benzene rings is 2. The van der Waals surface area contributed by atoms with Crippen LogP contribution in [-0.2, 0) is 9.47 Å². The minimum absolute atomic E-state index is 0.0441. The fourth-order valence-corrected chi connectivity index (χ4v) is 4.40. The van der Waals surface area contributed by atoms with Gasteiger partial charge in [0.15, 0.2) is 5.78 Å². The molecule has 0 fully saturated rings. The minimum atomic E-state index is -0.314. The van der Waals surface area contributed by atoms with Crippen molar-refractivity contribution in [2.24, 2.45) is 5.41 Å². The normalized spacial score (nSPS) is 14.0. The van der Waals surface area contributed by atoms with E-state index in [1.54, 1.807) is 26.0 Å². The molecule has 0 heterocycles. The molecule has 2 aromatic carbocycles. The van der Waals surface area contributed by atoms with Crippen molar-refractivity contribution in [3.8, 4) is 0 Å². The number of hydrogen-bond acceptors (Lipinski definition) is 4. The van der Waals surface area contributed by atoms with Crippen LogP contribution in [0.5, 0.6) is 0 Å². The van der Waals surface area contributed by atoms with Gasteiger partial charge in [-0.05, 0) is 19.1 Å². The van der Waals surface area contributed by atoms with E-state index < -0.39 is 0 Å². The Labute approximate surface area is 167 Å². The zero-order valence-corrected chi connectivity index (χ0v) is 17.7. The lowest BCUT2D eigenvalue weighted by atomic mass is 9.78. The predicted octanol–water partition coefficient (Wildman–Crippen LogP) is 5.42. The van der Waals surface area contributed by atoms with Crippen molar-refractivity contribution < 1.29 is 14.3 Å². The third kappa shape index (κ3) is 5.93. The van der Waals surface area contributed by atoms with E-state index in [9.17, 15) is 4.79 Å². The van der Waals surface area contributed by atoms with Crippen molar-refractivity contribution in [3.05, 3.63) is 65.7 Å². The molecule has 0 spiro atoms. The number of ether oxygens (including phenoxy) is 2. The number of carbonyl (C=O) groups is 1. The van der Waals surface area contributed by atoms with Crippen LogP contribution in [0, 0.1) is 12.3 Å². The third-order valence-corrected chi connectivity index (χ3v) is 6.19. The fourth-order valence-electron chi connectivity index (χ4n) is 3.16. The largest absolute Gasteiger partial charge is 0.380 e. The van der Waals surface area contributed by atoms with Crippen molar-refractivity contribution >= 4 is 17.5 Å². The first-order chi connectivity index (χ1) is 12.9. The highest BCUT2D eigenvalue weighted by atomic mass is 32.2. The molecule has 2 atom stereocenters. The van der Waals surface area contributed by atoms with Gasteiger partial charge in [0.2, 0.25) is 0 Å². The van der Waals surface area contributed by atoms with Crippen molar-refractivity contribution in [1.29, 1.82) is 0 Å². The summed E-state index contributed by atoms with van der Waals surface area (Å²) in [7, 11) is 3.40. The number of Topliss-reactive ketones (excluding diaryl/α,β-unsaturated/α-hetero) is 1. The van der Waals surface area contributed by atoms with Crippen LogP contribution in [0.1, 0.15) is 36.2 Å². The molecule has 0 aliphatic carbocycles. The highest BCUT2D eigenvalue weighted by Gasteiger charge is 2.39. The number of hydrogen-bond donors (Lipinski definition) is 0. The number of methoxy groups -OCH3 is 2. The van der Waals surface area contributed by atoms with Crippen LogP contribution in [0.4, 0.5) is 0 Å². The summed E-state index contributed by atoms with van der Waals surface area (Å²) < 4.78 is 11.6. The molecule has 0 N–H and O–H groups in total. The number of thioether (sulfide) groups is 1. The number of aryl methyl sites for hydroxylation is 1. The van der Waals surface area contributed by atoms with Crippen molar-refractivity contribution in [1.82, 2.24) is 0 Å². The maximum Gasteiger partial charge on any atom is 0.165 e. The summed E-state index contributed by atoms with van der Waals surface area (Å²) in [4.78, 5) is 13.9. The molecule has 2 unspecified atom stereocenters. The van der Waals surface area contributed by atoms with Crippen molar-refractivity contribution in [2.45, 2.75) is 44.3 Å². The van der Waals surface area contributed by atoms with Crippen LogP contribution < -0.4 is 0 Å². The van der Waals surface area contributed by atoms with Crippen molar-refractivity contribution in [3.63, 3.8) is 0 Å².